The molecule has 1 unspecified atom stereocenters. The summed E-state index contributed by atoms with van der Waals surface area (Å²) in [5.41, 5.74) is 0.102. The van der Waals surface area contributed by atoms with Crippen LogP contribution in [0.2, 0.25) is 0 Å². The Morgan fingerprint density at radius 2 is 1.24 bits per heavy atom. The molecule has 26 nitrogen and oxygen atoms in total. The van der Waals surface area contributed by atoms with Crippen LogP contribution in [0.3, 0.4) is 0 Å². The van der Waals surface area contributed by atoms with Gasteiger partial charge in [0.15, 0.2) is 48.8 Å². The maximum Gasteiger partial charge on any atom is 1.00 e. The van der Waals surface area contributed by atoms with Gasteiger partial charge >= 0.3 is 118 Å². The first kappa shape index (κ1) is 66.9. The minimum Gasteiger partial charge on any atom is -0.747 e. The van der Waals surface area contributed by atoms with Crippen molar-refractivity contribution in [3.05, 3.63) is 96.6 Å². The second kappa shape index (κ2) is 32.4. The third-order valence-electron chi connectivity index (χ3n) is 8.29. The molecule has 0 heterocycles. The van der Waals surface area contributed by atoms with Crippen LogP contribution >= 0.6 is 24.4 Å². The van der Waals surface area contributed by atoms with Crippen LogP contribution in [-0.2, 0) is 73.2 Å². The zero-order chi connectivity index (χ0) is 47.9. The van der Waals surface area contributed by atoms with E-state index in [9.17, 15) is 59.7 Å². The van der Waals surface area contributed by atoms with Gasteiger partial charge in [-0.25, -0.2) is 29.5 Å². The van der Waals surface area contributed by atoms with Crippen molar-refractivity contribution in [2.45, 2.75) is 14.7 Å². The van der Waals surface area contributed by atoms with E-state index in [0.717, 1.165) is 12.1 Å². The van der Waals surface area contributed by atoms with E-state index in [-0.39, 0.29) is 214 Å². The second-order valence-corrected chi connectivity index (χ2v) is 20.5. The van der Waals surface area contributed by atoms with Crippen molar-refractivity contribution in [3.63, 3.8) is 0 Å². The number of azo groups is 2. The quantitative estimate of drug-likeness (QED) is 0.00929. The van der Waals surface area contributed by atoms with E-state index in [1.807, 2.05) is 0 Å². The van der Waals surface area contributed by atoms with Crippen LogP contribution in [0.15, 0.2) is 126 Å². The van der Waals surface area contributed by atoms with Gasteiger partial charge in [0, 0.05) is 22.0 Å². The number of amides is 1. The summed E-state index contributed by atoms with van der Waals surface area (Å²) in [4.78, 5) is 12.6. The van der Waals surface area contributed by atoms with Crippen molar-refractivity contribution >= 4 is 116 Å². The average Bonchev–Trinajstić information content (AvgIpc) is 3.29. The number of carbonyl (C=O) groups is 1. The summed E-state index contributed by atoms with van der Waals surface area (Å²) in [6.45, 7) is -0.320. The number of benzene rings is 5. The molecule has 3 N–H and O–H groups in total. The van der Waals surface area contributed by atoms with Gasteiger partial charge in [-0.05, 0) is 91.0 Å². The van der Waals surface area contributed by atoms with E-state index in [1.54, 1.807) is 0 Å². The van der Waals surface area contributed by atoms with Gasteiger partial charge in [0.2, 0.25) is 0 Å². The molecule has 1 atom stereocenters. The third-order valence-corrected chi connectivity index (χ3v) is 14.2. The Kier molecular flexibility index (Phi) is 30.9. The predicted molar refractivity (Wildman–Crippen MR) is 222 cm³/mol. The maximum absolute atomic E-state index is 13.0. The monoisotopic (exact) mass is 1120 g/mol. The number of phenolic OH excluding ortho intramolecular Hbond substituents is 1. The molecule has 5 aromatic carbocycles. The number of sulfone groups is 2. The Morgan fingerprint density at radius 1 is 0.686 bits per heavy atom. The van der Waals surface area contributed by atoms with Crippen LogP contribution in [0, 0.1) is 0 Å². The van der Waals surface area contributed by atoms with Crippen LogP contribution < -0.4 is 145 Å². The van der Waals surface area contributed by atoms with Gasteiger partial charge in [0.05, 0.1) is 67.7 Å². The summed E-state index contributed by atoms with van der Waals surface area (Å²) in [7, 11) is -12.6. The zero-order valence-electron chi connectivity index (χ0n) is 36.6. The van der Waals surface area contributed by atoms with E-state index in [1.165, 1.54) is 78.9 Å². The molecular formula is C34H28N6Na4O20S6. The summed E-state index contributed by atoms with van der Waals surface area (Å²) < 4.78 is 113. The average molecular weight is 1120 g/mol. The van der Waals surface area contributed by atoms with Crippen molar-refractivity contribution in [3.8, 4) is 5.75 Å². The fraction of sp³-hybridized carbons (Fsp3) is 0.147. The van der Waals surface area contributed by atoms with E-state index >= 15 is 0 Å². The fourth-order valence-electron chi connectivity index (χ4n) is 5.28. The maximum atomic E-state index is 13.0. The Hall–Kier alpha value is -1.11. The zero-order valence-corrected chi connectivity index (χ0v) is 49.5. The first-order valence-electron chi connectivity index (χ1n) is 17.6. The minimum absolute atomic E-state index is 0. The molecule has 0 fully saturated rings. The molecule has 5 aromatic rings. The Morgan fingerprint density at radius 3 is 1.81 bits per heavy atom. The molecule has 0 aliphatic carbocycles. The predicted octanol–water partition coefficient (Wildman–Crippen LogP) is -8.97. The molecule has 0 bridgehead atoms. The molecule has 354 valence electrons. The van der Waals surface area contributed by atoms with Gasteiger partial charge in [0.25, 0.3) is 5.91 Å². The minimum atomic E-state index is -4.84. The summed E-state index contributed by atoms with van der Waals surface area (Å²) in [5, 5.41) is 73.2. The number of hydrogen-bond acceptors (Lipinski definition) is 27. The van der Waals surface area contributed by atoms with E-state index in [2.05, 4.69) is 59.2 Å². The molecule has 0 radical (unpaired) electrons. The smallest absolute Gasteiger partial charge is 0.747 e. The number of anilines is 2. The van der Waals surface area contributed by atoms with Crippen LogP contribution in [0.5, 0.6) is 5.75 Å². The molecule has 0 aliphatic heterocycles. The molecule has 0 aliphatic rings. The summed E-state index contributed by atoms with van der Waals surface area (Å²) in [6.07, 6.45) is 0. The largest absolute Gasteiger partial charge is 1.00 e. The van der Waals surface area contributed by atoms with Crippen molar-refractivity contribution in [2.24, 2.45) is 20.5 Å². The topological polar surface area (TPSA) is 387 Å². The van der Waals surface area contributed by atoms with Crippen LogP contribution in [0.4, 0.5) is 34.1 Å². The Balaban J connectivity index is 0.00000612. The van der Waals surface area contributed by atoms with Crippen LogP contribution in [0.25, 0.3) is 10.8 Å². The Bertz CT molecular complexity index is 2930. The first-order valence-corrected chi connectivity index (χ1v) is 25.1. The van der Waals surface area contributed by atoms with Crippen molar-refractivity contribution in [2.75, 3.05) is 40.4 Å². The molecular weight excluding hydrogens is 1100 g/mol. The third kappa shape index (κ3) is 20.5. The number of nitrogens with zero attached hydrogens (tertiary/aromatic N) is 4. The second-order valence-electron chi connectivity index (χ2n) is 12.5. The summed E-state index contributed by atoms with van der Waals surface area (Å²) >= 11 is -1.87. The fourth-order valence-corrected chi connectivity index (χ4v) is 9.84. The molecule has 0 spiro atoms. The van der Waals surface area contributed by atoms with Gasteiger partial charge in [-0.3, -0.25) is 24.1 Å². The van der Waals surface area contributed by atoms with E-state index in [0.29, 0.717) is 0 Å². The molecule has 0 saturated heterocycles. The molecule has 70 heavy (non-hydrogen) atoms. The van der Waals surface area contributed by atoms with E-state index in [4.69, 9.17) is 4.18 Å². The molecule has 0 saturated carbocycles. The van der Waals surface area contributed by atoms with Gasteiger partial charge < -0.3 is 36.1 Å². The Labute approximate surface area is 497 Å². The number of carbonyl (C=O) groups excluding carboxylic acids is 1. The standard InChI is InChI=1S/C34H32N6O20S6.4Na/c41-33-27-13-14-29(35-20-66(51,52)53)31(28(27)19-30(61-58-55-43)32(33)40-38-24-7-11-26(12-8-24)65(49,50)18-16-63(46)60-57-45)39-37-23-3-1-21(2-4-23)34(42)36-22-5-9-25(10-6-22)64(47,48)17-15-54-62-59-56-44;;;;/h1-14,19,35,41,43-45H,15-18,20H2,(H,36,42)(H,51,52,53);;;;/q;4*+1/p-4. The van der Waals surface area contributed by atoms with Gasteiger partial charge in [-0.1, -0.05) is 0 Å². The summed E-state index contributed by atoms with van der Waals surface area (Å²) in [6, 6.07) is 19.5. The van der Waals surface area contributed by atoms with Gasteiger partial charge in [-0.2, -0.15) is 14.6 Å². The molecule has 1 amide bonds. The number of aromatic hydroxyl groups is 1. The van der Waals surface area contributed by atoms with Gasteiger partial charge in [0.1, 0.15) is 27.4 Å². The first-order chi connectivity index (χ1) is 31.4. The number of hydrogen-bond donors (Lipinski definition) is 3. The number of fused-ring (bicyclic) bond motifs is 1. The van der Waals surface area contributed by atoms with Gasteiger partial charge in [-0.15, -0.1) is 18.9 Å². The van der Waals surface area contributed by atoms with Crippen LogP contribution in [0.1, 0.15) is 10.4 Å². The SMILES string of the molecule is O=C(Nc1ccc(S(=O)(=O)CCOSOO[O-])cc1)c1ccc(N=Nc2c(NCS(=O)(=O)[O-])ccc3c(O)c(N=Nc4ccc(S(=O)(=O)CCS(=O)OO[O-])cc4)c(SOO[O-])cc23)cc1.[Na+].[Na+].[Na+].[Na+]. The molecule has 5 rings (SSSR count). The van der Waals surface area contributed by atoms with Crippen molar-refractivity contribution in [1.82, 2.24) is 0 Å². The van der Waals surface area contributed by atoms with Crippen molar-refractivity contribution < 1.29 is 210 Å². The molecule has 0 aromatic heterocycles. The summed E-state index contributed by atoms with van der Waals surface area (Å²) in [5.74, 6) is -3.94. The van der Waals surface area contributed by atoms with Crippen LogP contribution in [-0.4, -0.2) is 74.8 Å². The number of nitrogens with one attached hydrogen (secondary N) is 2. The number of phenols is 1. The normalized spacial score (nSPS) is 12.1. The molecule has 36 heteroatoms. The van der Waals surface area contributed by atoms with E-state index < -0.39 is 75.7 Å². The van der Waals surface area contributed by atoms with Crippen molar-refractivity contribution in [1.29, 1.82) is 0 Å². The number of rotatable bonds is 25.